The van der Waals surface area contributed by atoms with Crippen LogP contribution in [-0.2, 0) is 11.3 Å². The lowest BCUT2D eigenvalue weighted by Crippen LogP contribution is -2.40. The lowest BCUT2D eigenvalue weighted by Gasteiger charge is -2.27. The van der Waals surface area contributed by atoms with E-state index in [0.29, 0.717) is 5.76 Å². The second kappa shape index (κ2) is 6.98. The Morgan fingerprint density at radius 3 is 2.67 bits per heavy atom. The number of halogens is 3. The summed E-state index contributed by atoms with van der Waals surface area (Å²) in [6.07, 6.45) is -1.20. The fraction of sp³-hybridized carbons (Fsp3) is 0.643. The molecule has 118 valence electrons. The van der Waals surface area contributed by atoms with Crippen LogP contribution in [0, 0.1) is 5.92 Å². The van der Waals surface area contributed by atoms with Crippen molar-refractivity contribution in [2.24, 2.45) is 5.92 Å². The van der Waals surface area contributed by atoms with Gasteiger partial charge in [0.2, 0.25) is 5.91 Å². The Hall–Kier alpha value is -1.50. The maximum absolute atomic E-state index is 12.6. The average molecular weight is 304 g/mol. The largest absolute Gasteiger partial charge is 0.467 e. The van der Waals surface area contributed by atoms with Gasteiger partial charge in [0, 0.05) is 6.42 Å². The molecule has 1 aromatic heterocycles. The monoisotopic (exact) mass is 304 g/mol. The molecular formula is C14H19F3N2O2. The number of furan rings is 1. The van der Waals surface area contributed by atoms with Gasteiger partial charge in [-0.3, -0.25) is 4.79 Å². The Morgan fingerprint density at radius 2 is 2.10 bits per heavy atom. The van der Waals surface area contributed by atoms with E-state index in [1.54, 1.807) is 12.1 Å². The lowest BCUT2D eigenvalue weighted by atomic mass is 9.94. The molecule has 0 atom stereocenters. The standard InChI is InChI=1S/C14H19F3N2O2/c15-14(16,17)10-19(9-12-2-1-7-21-12)13(20)8-11-3-5-18-6-4-11/h1-2,7,11,18H,3-6,8-10H2. The van der Waals surface area contributed by atoms with Crippen LogP contribution in [0.15, 0.2) is 22.8 Å². The quantitative estimate of drug-likeness (QED) is 0.909. The first-order valence-electron chi connectivity index (χ1n) is 7.01. The molecule has 4 nitrogen and oxygen atoms in total. The van der Waals surface area contributed by atoms with E-state index in [0.717, 1.165) is 30.8 Å². The third kappa shape index (κ3) is 5.41. The zero-order valence-electron chi connectivity index (χ0n) is 11.7. The summed E-state index contributed by atoms with van der Waals surface area (Å²) in [4.78, 5) is 13.0. The van der Waals surface area contributed by atoms with Gasteiger partial charge in [-0.15, -0.1) is 0 Å². The summed E-state index contributed by atoms with van der Waals surface area (Å²) in [5.41, 5.74) is 0. The van der Waals surface area contributed by atoms with E-state index in [9.17, 15) is 18.0 Å². The van der Waals surface area contributed by atoms with Gasteiger partial charge in [0.15, 0.2) is 0 Å². The van der Waals surface area contributed by atoms with Crippen LogP contribution >= 0.6 is 0 Å². The van der Waals surface area contributed by atoms with Crippen LogP contribution in [0.1, 0.15) is 25.0 Å². The van der Waals surface area contributed by atoms with Gasteiger partial charge in [-0.05, 0) is 44.0 Å². The molecule has 0 aromatic carbocycles. The Labute approximate surface area is 121 Å². The van der Waals surface area contributed by atoms with Crippen molar-refractivity contribution >= 4 is 5.91 Å². The van der Waals surface area contributed by atoms with E-state index in [1.165, 1.54) is 6.26 Å². The van der Waals surface area contributed by atoms with Crippen molar-refractivity contribution in [3.63, 3.8) is 0 Å². The smallest absolute Gasteiger partial charge is 0.406 e. The van der Waals surface area contributed by atoms with Crippen LogP contribution in [-0.4, -0.2) is 36.6 Å². The van der Waals surface area contributed by atoms with E-state index >= 15 is 0 Å². The van der Waals surface area contributed by atoms with Gasteiger partial charge in [0.05, 0.1) is 12.8 Å². The van der Waals surface area contributed by atoms with Crippen LogP contribution in [0.3, 0.4) is 0 Å². The first kappa shape index (κ1) is 15.9. The summed E-state index contributed by atoms with van der Waals surface area (Å²) in [5, 5.41) is 3.17. The molecule has 1 aliphatic heterocycles. The van der Waals surface area contributed by atoms with Gasteiger partial charge >= 0.3 is 6.18 Å². The summed E-state index contributed by atoms with van der Waals surface area (Å²) in [7, 11) is 0. The van der Waals surface area contributed by atoms with Crippen LogP contribution in [0.25, 0.3) is 0 Å². The summed E-state index contributed by atoms with van der Waals surface area (Å²) < 4.78 is 43.0. The average Bonchev–Trinajstić information content (AvgIpc) is 2.90. The molecule has 2 heterocycles. The second-order valence-electron chi connectivity index (χ2n) is 5.34. The Morgan fingerprint density at radius 1 is 1.38 bits per heavy atom. The molecule has 0 aliphatic carbocycles. The number of piperidine rings is 1. The minimum absolute atomic E-state index is 0.143. The van der Waals surface area contributed by atoms with Gasteiger partial charge in [0.1, 0.15) is 12.3 Å². The number of carbonyl (C=O) groups is 1. The molecule has 0 radical (unpaired) electrons. The minimum atomic E-state index is -4.41. The molecule has 2 rings (SSSR count). The molecule has 1 N–H and O–H groups in total. The zero-order valence-corrected chi connectivity index (χ0v) is 11.7. The number of alkyl halides is 3. The molecule has 0 unspecified atom stereocenters. The normalized spacial score (nSPS) is 16.9. The SMILES string of the molecule is O=C(CC1CCNCC1)N(Cc1ccco1)CC(F)(F)F. The van der Waals surface area contributed by atoms with Crippen molar-refractivity contribution in [2.45, 2.75) is 32.0 Å². The van der Waals surface area contributed by atoms with E-state index in [1.807, 2.05) is 0 Å². The molecule has 0 bridgehead atoms. The molecule has 1 fully saturated rings. The van der Waals surface area contributed by atoms with Crippen LogP contribution in [0.2, 0.25) is 0 Å². The van der Waals surface area contributed by atoms with Crippen molar-refractivity contribution < 1.29 is 22.4 Å². The van der Waals surface area contributed by atoms with Crippen molar-refractivity contribution in [3.05, 3.63) is 24.2 Å². The number of nitrogens with zero attached hydrogens (tertiary/aromatic N) is 1. The number of hydrogen-bond donors (Lipinski definition) is 1. The number of carbonyl (C=O) groups excluding carboxylic acids is 1. The fourth-order valence-electron chi connectivity index (χ4n) is 2.50. The summed E-state index contributed by atoms with van der Waals surface area (Å²) in [5.74, 6) is 0.0552. The number of amides is 1. The van der Waals surface area contributed by atoms with Gasteiger partial charge in [-0.25, -0.2) is 0 Å². The molecular weight excluding hydrogens is 285 g/mol. The van der Waals surface area contributed by atoms with Crippen molar-refractivity contribution in [1.82, 2.24) is 10.2 Å². The third-order valence-corrected chi connectivity index (χ3v) is 3.57. The van der Waals surface area contributed by atoms with Crippen LogP contribution in [0.5, 0.6) is 0 Å². The maximum atomic E-state index is 12.6. The highest BCUT2D eigenvalue weighted by atomic mass is 19.4. The van der Waals surface area contributed by atoms with E-state index in [2.05, 4.69) is 5.32 Å². The first-order chi connectivity index (χ1) is 9.94. The lowest BCUT2D eigenvalue weighted by molar-refractivity contribution is -0.163. The summed E-state index contributed by atoms with van der Waals surface area (Å²) in [6, 6.07) is 3.17. The molecule has 7 heteroatoms. The van der Waals surface area contributed by atoms with Crippen molar-refractivity contribution in [2.75, 3.05) is 19.6 Å². The number of nitrogens with one attached hydrogen (secondary N) is 1. The second-order valence-corrected chi connectivity index (χ2v) is 5.34. The summed E-state index contributed by atoms with van der Waals surface area (Å²) in [6.45, 7) is 0.249. The highest BCUT2D eigenvalue weighted by Crippen LogP contribution is 2.22. The van der Waals surface area contributed by atoms with E-state index in [-0.39, 0.29) is 18.9 Å². The zero-order chi connectivity index (χ0) is 15.3. The van der Waals surface area contributed by atoms with E-state index < -0.39 is 18.6 Å². The summed E-state index contributed by atoms with van der Waals surface area (Å²) >= 11 is 0. The highest BCUT2D eigenvalue weighted by molar-refractivity contribution is 5.76. The van der Waals surface area contributed by atoms with Gasteiger partial charge in [0.25, 0.3) is 0 Å². The molecule has 21 heavy (non-hydrogen) atoms. The molecule has 1 aromatic rings. The first-order valence-corrected chi connectivity index (χ1v) is 7.01. The van der Waals surface area contributed by atoms with Gasteiger partial charge in [-0.1, -0.05) is 0 Å². The van der Waals surface area contributed by atoms with Crippen LogP contribution in [0.4, 0.5) is 13.2 Å². The maximum Gasteiger partial charge on any atom is 0.406 e. The van der Waals surface area contributed by atoms with E-state index in [4.69, 9.17) is 4.42 Å². The molecule has 1 aliphatic rings. The Bertz CT molecular complexity index is 440. The highest BCUT2D eigenvalue weighted by Gasteiger charge is 2.34. The number of hydrogen-bond acceptors (Lipinski definition) is 3. The predicted octanol–water partition coefficient (Wildman–Crippen LogP) is 2.56. The predicted molar refractivity (Wildman–Crippen MR) is 70.4 cm³/mol. The molecule has 0 spiro atoms. The molecule has 1 saturated heterocycles. The topological polar surface area (TPSA) is 45.5 Å². The Balaban J connectivity index is 1.97. The van der Waals surface area contributed by atoms with Gasteiger partial charge in [-0.2, -0.15) is 13.2 Å². The van der Waals surface area contributed by atoms with Gasteiger partial charge < -0.3 is 14.6 Å². The van der Waals surface area contributed by atoms with Crippen LogP contribution < -0.4 is 5.32 Å². The Kier molecular flexibility index (Phi) is 5.27. The fourth-order valence-corrected chi connectivity index (χ4v) is 2.50. The molecule has 1 amide bonds. The minimum Gasteiger partial charge on any atom is -0.467 e. The van der Waals surface area contributed by atoms with Crippen molar-refractivity contribution in [3.8, 4) is 0 Å². The third-order valence-electron chi connectivity index (χ3n) is 3.57. The number of rotatable bonds is 5. The van der Waals surface area contributed by atoms with Crippen molar-refractivity contribution in [1.29, 1.82) is 0 Å². The molecule has 0 saturated carbocycles.